The first kappa shape index (κ1) is 12.9. The maximum Gasteiger partial charge on any atom is 0.276 e. The highest BCUT2D eigenvalue weighted by Gasteiger charge is 2.31. The summed E-state index contributed by atoms with van der Waals surface area (Å²) in [5, 5.41) is 6.66. The first-order chi connectivity index (χ1) is 8.50. The Balaban J connectivity index is 2.03. The number of hydrogen-bond donors (Lipinski definition) is 4. The summed E-state index contributed by atoms with van der Waals surface area (Å²) in [5.41, 5.74) is 5.76. The zero-order chi connectivity index (χ0) is 13.2. The molecular formula is C12H21N5O. The molecule has 1 unspecified atom stereocenters. The SMILES string of the molecule is CC1(C)CCCNC1CNc1nc[nH]c(=O)c1N. The number of H-pyrrole nitrogens is 1. The standard InChI is InChI=1S/C12H21N5O/c1-12(2)4-3-5-14-8(12)6-15-10-9(13)11(18)17-7-16-10/h7-8,14H,3-6,13H2,1-2H3,(H2,15,16,17,18). The Bertz CT molecular complexity index is 468. The number of aromatic amines is 1. The molecule has 1 fully saturated rings. The predicted octanol–water partition coefficient (Wildman–Crippen LogP) is 0.542. The lowest BCUT2D eigenvalue weighted by molar-refractivity contribution is 0.188. The van der Waals surface area contributed by atoms with Crippen LogP contribution in [0.3, 0.4) is 0 Å². The summed E-state index contributed by atoms with van der Waals surface area (Å²) in [4.78, 5) is 17.8. The molecule has 0 saturated carbocycles. The predicted molar refractivity (Wildman–Crippen MR) is 72.6 cm³/mol. The Labute approximate surface area is 106 Å². The number of nitrogens with two attached hydrogens (primary N) is 1. The lowest BCUT2D eigenvalue weighted by Gasteiger charge is -2.39. The summed E-state index contributed by atoms with van der Waals surface area (Å²) in [5.74, 6) is 0.460. The lowest BCUT2D eigenvalue weighted by Crippen LogP contribution is -2.50. The summed E-state index contributed by atoms with van der Waals surface area (Å²) in [6.07, 6.45) is 3.76. The molecule has 100 valence electrons. The minimum Gasteiger partial charge on any atom is -0.391 e. The molecule has 1 saturated heterocycles. The molecule has 0 amide bonds. The van der Waals surface area contributed by atoms with Gasteiger partial charge in [0.25, 0.3) is 5.56 Å². The van der Waals surface area contributed by atoms with Gasteiger partial charge in [0.05, 0.1) is 6.33 Å². The van der Waals surface area contributed by atoms with Gasteiger partial charge in [-0.05, 0) is 24.8 Å². The molecule has 1 aliphatic heterocycles. The maximum absolute atomic E-state index is 11.3. The van der Waals surface area contributed by atoms with Crippen LogP contribution in [0, 0.1) is 5.41 Å². The van der Waals surface area contributed by atoms with Crippen molar-refractivity contribution in [2.75, 3.05) is 24.1 Å². The van der Waals surface area contributed by atoms with Gasteiger partial charge in [-0.1, -0.05) is 13.8 Å². The van der Waals surface area contributed by atoms with E-state index >= 15 is 0 Å². The summed E-state index contributed by atoms with van der Waals surface area (Å²) in [7, 11) is 0. The first-order valence-electron chi connectivity index (χ1n) is 6.31. The van der Waals surface area contributed by atoms with E-state index in [0.29, 0.717) is 18.4 Å². The van der Waals surface area contributed by atoms with Gasteiger partial charge in [-0.25, -0.2) is 4.98 Å². The number of aromatic nitrogens is 2. The van der Waals surface area contributed by atoms with E-state index in [4.69, 9.17) is 5.73 Å². The molecule has 6 nitrogen and oxygen atoms in total. The molecule has 0 spiro atoms. The average Bonchev–Trinajstić information content (AvgIpc) is 2.32. The van der Waals surface area contributed by atoms with Crippen molar-refractivity contribution in [1.82, 2.24) is 15.3 Å². The smallest absolute Gasteiger partial charge is 0.276 e. The van der Waals surface area contributed by atoms with Crippen LogP contribution < -0.4 is 21.9 Å². The van der Waals surface area contributed by atoms with Gasteiger partial charge in [-0.2, -0.15) is 0 Å². The first-order valence-corrected chi connectivity index (χ1v) is 6.31. The third-order valence-corrected chi connectivity index (χ3v) is 3.69. The monoisotopic (exact) mass is 251 g/mol. The van der Waals surface area contributed by atoms with Crippen molar-refractivity contribution in [2.45, 2.75) is 32.7 Å². The van der Waals surface area contributed by atoms with Crippen LogP contribution in [0.2, 0.25) is 0 Å². The van der Waals surface area contributed by atoms with Crippen molar-refractivity contribution in [3.8, 4) is 0 Å². The van der Waals surface area contributed by atoms with Gasteiger partial charge in [0.15, 0.2) is 5.82 Å². The van der Waals surface area contributed by atoms with Crippen LogP contribution in [0.4, 0.5) is 11.5 Å². The van der Waals surface area contributed by atoms with Gasteiger partial charge in [0, 0.05) is 12.6 Å². The molecule has 0 bridgehead atoms. The van der Waals surface area contributed by atoms with E-state index in [9.17, 15) is 4.79 Å². The fourth-order valence-corrected chi connectivity index (χ4v) is 2.37. The van der Waals surface area contributed by atoms with Gasteiger partial charge >= 0.3 is 0 Å². The lowest BCUT2D eigenvalue weighted by atomic mass is 9.77. The molecule has 2 rings (SSSR count). The third kappa shape index (κ3) is 2.64. The number of nitrogens with one attached hydrogen (secondary N) is 3. The summed E-state index contributed by atoms with van der Waals surface area (Å²) >= 11 is 0. The largest absolute Gasteiger partial charge is 0.391 e. The minimum atomic E-state index is -0.302. The van der Waals surface area contributed by atoms with E-state index in [1.54, 1.807) is 0 Å². The van der Waals surface area contributed by atoms with Crippen molar-refractivity contribution < 1.29 is 0 Å². The van der Waals surface area contributed by atoms with Crippen molar-refractivity contribution in [1.29, 1.82) is 0 Å². The van der Waals surface area contributed by atoms with Crippen molar-refractivity contribution in [2.24, 2.45) is 5.41 Å². The Morgan fingerprint density at radius 2 is 2.39 bits per heavy atom. The Hall–Kier alpha value is -1.56. The second-order valence-corrected chi connectivity index (χ2v) is 5.47. The maximum atomic E-state index is 11.3. The Morgan fingerprint density at radius 3 is 3.11 bits per heavy atom. The van der Waals surface area contributed by atoms with Crippen molar-refractivity contribution in [3.05, 3.63) is 16.7 Å². The van der Waals surface area contributed by atoms with Gasteiger partial charge in [-0.3, -0.25) is 4.79 Å². The molecule has 1 atom stereocenters. The second-order valence-electron chi connectivity index (χ2n) is 5.47. The van der Waals surface area contributed by atoms with Gasteiger partial charge in [0.1, 0.15) is 5.69 Å². The van der Waals surface area contributed by atoms with E-state index in [2.05, 4.69) is 34.4 Å². The molecule has 1 aromatic rings. The average molecular weight is 251 g/mol. The number of rotatable bonds is 3. The molecule has 6 heteroatoms. The van der Waals surface area contributed by atoms with Crippen LogP contribution in [-0.2, 0) is 0 Å². The minimum absolute atomic E-state index is 0.145. The van der Waals surface area contributed by atoms with Crippen LogP contribution in [0.25, 0.3) is 0 Å². The second kappa shape index (κ2) is 4.97. The van der Waals surface area contributed by atoms with E-state index in [1.165, 1.54) is 19.2 Å². The number of nitrogens with zero attached hydrogens (tertiary/aromatic N) is 1. The topological polar surface area (TPSA) is 95.8 Å². The van der Waals surface area contributed by atoms with Gasteiger partial charge in [0.2, 0.25) is 0 Å². The quantitative estimate of drug-likeness (QED) is 0.629. The molecule has 5 N–H and O–H groups in total. The normalized spacial score (nSPS) is 22.7. The highest BCUT2D eigenvalue weighted by molar-refractivity contribution is 5.58. The molecule has 1 aliphatic rings. The number of hydrogen-bond acceptors (Lipinski definition) is 5. The third-order valence-electron chi connectivity index (χ3n) is 3.69. The molecule has 0 aromatic carbocycles. The van der Waals surface area contributed by atoms with E-state index in [1.807, 2.05) is 0 Å². The van der Waals surface area contributed by atoms with Crippen molar-refractivity contribution in [3.63, 3.8) is 0 Å². The zero-order valence-corrected chi connectivity index (χ0v) is 10.9. The van der Waals surface area contributed by atoms with Crippen LogP contribution >= 0.6 is 0 Å². The van der Waals surface area contributed by atoms with Crippen LogP contribution in [0.5, 0.6) is 0 Å². The molecular weight excluding hydrogens is 230 g/mol. The van der Waals surface area contributed by atoms with Gasteiger partial charge in [-0.15, -0.1) is 0 Å². The van der Waals surface area contributed by atoms with Crippen LogP contribution in [-0.4, -0.2) is 29.1 Å². The Morgan fingerprint density at radius 1 is 1.61 bits per heavy atom. The van der Waals surface area contributed by atoms with E-state index in [0.717, 1.165) is 6.54 Å². The highest BCUT2D eigenvalue weighted by atomic mass is 16.1. The zero-order valence-electron chi connectivity index (χ0n) is 10.9. The summed E-state index contributed by atoms with van der Waals surface area (Å²) in [6, 6.07) is 0.353. The fraction of sp³-hybridized carbons (Fsp3) is 0.667. The fourth-order valence-electron chi connectivity index (χ4n) is 2.37. The molecule has 0 radical (unpaired) electrons. The van der Waals surface area contributed by atoms with E-state index in [-0.39, 0.29) is 16.7 Å². The summed E-state index contributed by atoms with van der Waals surface area (Å²) in [6.45, 7) is 6.25. The molecule has 1 aromatic heterocycles. The number of piperidine rings is 1. The van der Waals surface area contributed by atoms with Crippen molar-refractivity contribution >= 4 is 11.5 Å². The summed E-state index contributed by atoms with van der Waals surface area (Å²) < 4.78 is 0. The Kier molecular flexibility index (Phi) is 3.56. The van der Waals surface area contributed by atoms with Crippen LogP contribution in [0.15, 0.2) is 11.1 Å². The number of anilines is 2. The molecule has 18 heavy (non-hydrogen) atoms. The van der Waals surface area contributed by atoms with Gasteiger partial charge < -0.3 is 21.4 Å². The highest BCUT2D eigenvalue weighted by Crippen LogP contribution is 2.30. The van der Waals surface area contributed by atoms with E-state index < -0.39 is 0 Å². The molecule has 2 heterocycles. The van der Waals surface area contributed by atoms with Crippen LogP contribution in [0.1, 0.15) is 26.7 Å². The number of nitrogen functional groups attached to an aromatic ring is 1. The molecule has 0 aliphatic carbocycles.